The molecule has 0 aromatic heterocycles. The van der Waals surface area contributed by atoms with Crippen molar-refractivity contribution in [2.45, 2.75) is 71.1 Å². The summed E-state index contributed by atoms with van der Waals surface area (Å²) in [5.41, 5.74) is 1.00. The molecule has 4 atom stereocenters. The molecule has 0 N–H and O–H groups in total. The molecule has 2 saturated carbocycles. The highest BCUT2D eigenvalue weighted by molar-refractivity contribution is 5.64. The summed E-state index contributed by atoms with van der Waals surface area (Å²) < 4.78 is 54.8. The van der Waals surface area contributed by atoms with E-state index in [0.717, 1.165) is 48.3 Å². The van der Waals surface area contributed by atoms with Crippen molar-refractivity contribution >= 4 is 0 Å². The molecule has 4 heteroatoms. The van der Waals surface area contributed by atoms with Gasteiger partial charge in [0.15, 0.2) is 17.5 Å². The second kappa shape index (κ2) is 9.75. The van der Waals surface area contributed by atoms with Gasteiger partial charge in [-0.2, -0.15) is 0 Å². The summed E-state index contributed by atoms with van der Waals surface area (Å²) in [5, 5.41) is 0. The van der Waals surface area contributed by atoms with Crippen LogP contribution in [0, 0.1) is 46.9 Å². The highest BCUT2D eigenvalue weighted by Crippen LogP contribution is 2.46. The summed E-state index contributed by atoms with van der Waals surface area (Å²) in [6, 6.07) is 6.49. The molecule has 0 radical (unpaired) electrons. The van der Waals surface area contributed by atoms with Crippen molar-refractivity contribution in [1.82, 2.24) is 0 Å². The topological polar surface area (TPSA) is 0 Å². The van der Waals surface area contributed by atoms with E-state index < -0.39 is 23.3 Å². The van der Waals surface area contributed by atoms with E-state index in [-0.39, 0.29) is 11.1 Å². The molecule has 4 rings (SSSR count). The lowest BCUT2D eigenvalue weighted by molar-refractivity contribution is 0.0921. The smallest absolute Gasteiger partial charge is 0.194 e. The quantitative estimate of drug-likeness (QED) is 0.317. The third-order valence-corrected chi connectivity index (χ3v) is 7.70. The van der Waals surface area contributed by atoms with Crippen LogP contribution >= 0.6 is 0 Å². The van der Waals surface area contributed by atoms with Crippen LogP contribution in [-0.4, -0.2) is 0 Å². The van der Waals surface area contributed by atoms with Crippen molar-refractivity contribution in [2.24, 2.45) is 23.7 Å². The lowest BCUT2D eigenvalue weighted by Crippen LogP contribution is -2.31. The van der Waals surface area contributed by atoms with Gasteiger partial charge in [0.2, 0.25) is 0 Å². The molecule has 2 fully saturated rings. The molecule has 0 spiro atoms. The van der Waals surface area contributed by atoms with Crippen LogP contribution in [0.15, 0.2) is 30.3 Å². The maximum Gasteiger partial charge on any atom is 0.194 e. The number of aryl methyl sites for hydroxylation is 1. The minimum absolute atomic E-state index is 0.0115. The van der Waals surface area contributed by atoms with Gasteiger partial charge >= 0.3 is 0 Å². The highest BCUT2D eigenvalue weighted by atomic mass is 19.2. The van der Waals surface area contributed by atoms with E-state index >= 15 is 0 Å². The Hall–Kier alpha value is -1.84. The van der Waals surface area contributed by atoms with Crippen molar-refractivity contribution in [3.05, 3.63) is 59.2 Å². The van der Waals surface area contributed by atoms with E-state index in [0.29, 0.717) is 5.92 Å². The Morgan fingerprint density at radius 3 is 1.94 bits per heavy atom. The molecular formula is C27H32F4. The van der Waals surface area contributed by atoms with Gasteiger partial charge in [0, 0.05) is 5.56 Å². The number of benzene rings is 2. The Kier molecular flexibility index (Phi) is 7.03. The first-order chi connectivity index (χ1) is 14.9. The molecule has 4 unspecified atom stereocenters. The van der Waals surface area contributed by atoms with Gasteiger partial charge in [-0.1, -0.05) is 44.7 Å². The number of halogens is 4. The molecule has 2 aliphatic rings. The molecule has 0 aliphatic heterocycles. The fourth-order valence-corrected chi connectivity index (χ4v) is 6.05. The number of hydrogen-bond donors (Lipinski definition) is 0. The third-order valence-electron chi connectivity index (χ3n) is 7.70. The lowest BCUT2D eigenvalue weighted by atomic mass is 9.63. The van der Waals surface area contributed by atoms with Gasteiger partial charge in [0.05, 0.1) is 0 Å². The van der Waals surface area contributed by atoms with E-state index in [4.69, 9.17) is 0 Å². The number of fused-ring (bicyclic) bond motifs is 1. The van der Waals surface area contributed by atoms with E-state index in [1.54, 1.807) is 6.07 Å². The van der Waals surface area contributed by atoms with Gasteiger partial charge < -0.3 is 0 Å². The molecule has 0 amide bonds. The molecule has 31 heavy (non-hydrogen) atoms. The predicted molar refractivity (Wildman–Crippen MR) is 117 cm³/mol. The number of rotatable bonds is 6. The van der Waals surface area contributed by atoms with Crippen molar-refractivity contribution in [3.63, 3.8) is 0 Å². The molecule has 2 aromatic rings. The minimum atomic E-state index is -1.53. The van der Waals surface area contributed by atoms with Crippen LogP contribution in [0.4, 0.5) is 17.6 Å². The average Bonchev–Trinajstić information content (AvgIpc) is 2.76. The lowest BCUT2D eigenvalue weighted by Gasteiger charge is -2.42. The van der Waals surface area contributed by atoms with Gasteiger partial charge in [0.1, 0.15) is 5.82 Å². The molecule has 2 aliphatic carbocycles. The third kappa shape index (κ3) is 5.15. The van der Waals surface area contributed by atoms with Crippen molar-refractivity contribution in [1.29, 1.82) is 0 Å². The second-order valence-corrected chi connectivity index (χ2v) is 9.77. The van der Waals surface area contributed by atoms with Crippen LogP contribution in [-0.2, 0) is 6.42 Å². The first kappa shape index (κ1) is 22.4. The van der Waals surface area contributed by atoms with Crippen LogP contribution in [0.3, 0.4) is 0 Å². The zero-order valence-corrected chi connectivity index (χ0v) is 18.3. The zero-order chi connectivity index (χ0) is 22.0. The van der Waals surface area contributed by atoms with Gasteiger partial charge in [-0.3, -0.25) is 0 Å². The Morgan fingerprint density at radius 2 is 1.35 bits per heavy atom. The maximum atomic E-state index is 14.6. The van der Waals surface area contributed by atoms with Crippen molar-refractivity contribution in [3.8, 4) is 11.1 Å². The van der Waals surface area contributed by atoms with Crippen molar-refractivity contribution < 1.29 is 17.6 Å². The maximum absolute atomic E-state index is 14.6. The fraction of sp³-hybridized carbons (Fsp3) is 0.556. The summed E-state index contributed by atoms with van der Waals surface area (Å²) in [5.74, 6) is -1.26. The molecule has 0 bridgehead atoms. The van der Waals surface area contributed by atoms with E-state index in [9.17, 15) is 17.6 Å². The minimum Gasteiger partial charge on any atom is -0.206 e. The zero-order valence-electron chi connectivity index (χ0n) is 18.3. The molecule has 0 heterocycles. The van der Waals surface area contributed by atoms with Gasteiger partial charge in [-0.25, -0.2) is 17.6 Å². The standard InChI is InChI=1S/C27H32F4/c1-2-3-17-6-9-21-13-18(7-10-20(21)12-17)4-5-19-8-11-23(24(28)14-19)22-15-25(29)27(31)26(30)16-22/h8,11,14-18,20-21H,2-7,9-10,12-13H2,1H3. The summed E-state index contributed by atoms with van der Waals surface area (Å²) in [6.07, 6.45) is 12.6. The summed E-state index contributed by atoms with van der Waals surface area (Å²) in [7, 11) is 0. The van der Waals surface area contributed by atoms with Crippen LogP contribution in [0.2, 0.25) is 0 Å². The first-order valence-corrected chi connectivity index (χ1v) is 11.9. The largest absolute Gasteiger partial charge is 0.206 e. The van der Waals surface area contributed by atoms with Crippen LogP contribution in [0.25, 0.3) is 11.1 Å². The van der Waals surface area contributed by atoms with E-state index in [2.05, 4.69) is 6.92 Å². The van der Waals surface area contributed by atoms with E-state index in [1.807, 2.05) is 6.07 Å². The summed E-state index contributed by atoms with van der Waals surface area (Å²) in [4.78, 5) is 0. The van der Waals surface area contributed by atoms with Crippen molar-refractivity contribution in [2.75, 3.05) is 0 Å². The average molecular weight is 433 g/mol. The summed E-state index contributed by atoms with van der Waals surface area (Å²) in [6.45, 7) is 2.29. The SMILES string of the molecule is CCCC1CCC2CC(CCc3ccc(-c4cc(F)c(F)c(F)c4)c(F)c3)CCC2C1. The fourth-order valence-electron chi connectivity index (χ4n) is 6.05. The molecule has 2 aromatic carbocycles. The van der Waals surface area contributed by atoms with E-state index in [1.165, 1.54) is 57.4 Å². The second-order valence-electron chi connectivity index (χ2n) is 9.77. The van der Waals surface area contributed by atoms with Gasteiger partial charge in [-0.15, -0.1) is 0 Å². The van der Waals surface area contributed by atoms with Crippen LogP contribution in [0.1, 0.15) is 70.3 Å². The van der Waals surface area contributed by atoms with Crippen LogP contribution in [0.5, 0.6) is 0 Å². The predicted octanol–water partition coefficient (Wildman–Crippen LogP) is 8.48. The molecule has 168 valence electrons. The van der Waals surface area contributed by atoms with Gasteiger partial charge in [0.25, 0.3) is 0 Å². The highest BCUT2D eigenvalue weighted by Gasteiger charge is 2.35. The molecular weight excluding hydrogens is 400 g/mol. The Labute approximate surface area is 183 Å². The summed E-state index contributed by atoms with van der Waals surface area (Å²) >= 11 is 0. The Balaban J connectivity index is 1.34. The van der Waals surface area contributed by atoms with Gasteiger partial charge in [-0.05, 0) is 91.5 Å². The first-order valence-electron chi connectivity index (χ1n) is 11.9. The van der Waals surface area contributed by atoms with Crippen LogP contribution < -0.4 is 0 Å². The molecule has 0 nitrogen and oxygen atoms in total. The Bertz CT molecular complexity index is 883. The monoisotopic (exact) mass is 432 g/mol. The normalized spacial score (nSPS) is 26.0. The number of hydrogen-bond acceptors (Lipinski definition) is 0. The Morgan fingerprint density at radius 1 is 0.742 bits per heavy atom. The molecule has 0 saturated heterocycles.